The molecule has 4 rings (SSSR count). The number of para-hydroxylation sites is 1. The molecule has 3 N–H and O–H groups in total. The van der Waals surface area contributed by atoms with Gasteiger partial charge in [-0.25, -0.2) is 0 Å². The van der Waals surface area contributed by atoms with E-state index in [1.807, 2.05) is 29.6 Å². The van der Waals surface area contributed by atoms with Crippen molar-refractivity contribution in [3.63, 3.8) is 0 Å². The lowest BCUT2D eigenvalue weighted by molar-refractivity contribution is 0.0756. The van der Waals surface area contributed by atoms with Gasteiger partial charge in [0.2, 0.25) is 0 Å². The van der Waals surface area contributed by atoms with E-state index in [0.717, 1.165) is 25.7 Å². The highest BCUT2D eigenvalue weighted by Gasteiger charge is 2.40. The van der Waals surface area contributed by atoms with Gasteiger partial charge in [-0.05, 0) is 61.1 Å². The lowest BCUT2D eigenvalue weighted by Crippen LogP contribution is -2.53. The molecule has 2 fully saturated rings. The number of thiophene rings is 1. The van der Waals surface area contributed by atoms with Gasteiger partial charge in [-0.1, -0.05) is 24.6 Å². The van der Waals surface area contributed by atoms with Crippen LogP contribution in [0.5, 0.6) is 0 Å². The third-order valence-corrected chi connectivity index (χ3v) is 7.08. The summed E-state index contributed by atoms with van der Waals surface area (Å²) in [6.45, 7) is 0. The van der Waals surface area contributed by atoms with E-state index in [9.17, 15) is 9.59 Å². The molecule has 0 spiro atoms. The molecule has 6 heteroatoms. The highest BCUT2D eigenvalue weighted by molar-refractivity contribution is 7.12. The van der Waals surface area contributed by atoms with Gasteiger partial charge >= 0.3 is 0 Å². The Hall–Kier alpha value is -2.18. The number of hydrogen-bond donors (Lipinski definition) is 2. The zero-order chi connectivity index (χ0) is 19.7. The number of nitrogens with zero attached hydrogens (tertiary/aromatic N) is 1. The summed E-state index contributed by atoms with van der Waals surface area (Å²) in [5.74, 6) is 0.725. The number of benzene rings is 1. The molecule has 0 radical (unpaired) electrons. The molecule has 2 aliphatic carbocycles. The van der Waals surface area contributed by atoms with Gasteiger partial charge in [0.25, 0.3) is 11.8 Å². The number of nitrogens with one attached hydrogen (secondary N) is 1. The van der Waals surface area contributed by atoms with Crippen molar-refractivity contribution in [1.29, 1.82) is 0 Å². The largest absolute Gasteiger partial charge is 0.349 e. The Kier molecular flexibility index (Phi) is 5.51. The summed E-state index contributed by atoms with van der Waals surface area (Å²) in [7, 11) is 1.72. The van der Waals surface area contributed by atoms with Gasteiger partial charge in [-0.3, -0.25) is 9.59 Å². The summed E-state index contributed by atoms with van der Waals surface area (Å²) in [6.07, 6.45) is 5.46. The minimum Gasteiger partial charge on any atom is -0.349 e. The predicted molar refractivity (Wildman–Crippen MR) is 113 cm³/mol. The molecular formula is C22H27N3O2S. The van der Waals surface area contributed by atoms with E-state index >= 15 is 0 Å². The molecule has 1 aromatic heterocycles. The second-order valence-corrected chi connectivity index (χ2v) is 8.99. The quantitative estimate of drug-likeness (QED) is 0.827. The van der Waals surface area contributed by atoms with Gasteiger partial charge in [-0.2, -0.15) is 0 Å². The maximum atomic E-state index is 13.2. The Labute approximate surface area is 169 Å². The molecule has 2 amide bonds. The fraction of sp³-hybridized carbons (Fsp3) is 0.455. The van der Waals surface area contributed by atoms with E-state index in [1.54, 1.807) is 24.1 Å². The number of anilines is 1. The van der Waals surface area contributed by atoms with Crippen LogP contribution in [0.25, 0.3) is 0 Å². The number of carbonyl (C=O) groups excluding carboxylic acids is 2. The van der Waals surface area contributed by atoms with Crippen LogP contribution in [0.3, 0.4) is 0 Å². The maximum Gasteiger partial charge on any atom is 0.268 e. The molecule has 148 valence electrons. The first kappa shape index (κ1) is 19.2. The van der Waals surface area contributed by atoms with Crippen LogP contribution >= 0.6 is 11.3 Å². The fourth-order valence-corrected chi connectivity index (χ4v) is 5.59. The summed E-state index contributed by atoms with van der Waals surface area (Å²) in [4.78, 5) is 28.2. The van der Waals surface area contributed by atoms with Crippen LogP contribution in [0.15, 0.2) is 41.8 Å². The molecule has 0 aliphatic heterocycles. The molecule has 2 saturated carbocycles. The van der Waals surface area contributed by atoms with Crippen LogP contribution in [0, 0.1) is 11.8 Å². The molecule has 2 unspecified atom stereocenters. The zero-order valence-corrected chi connectivity index (χ0v) is 17.0. The standard InChI is InChI=1S/C22H27N3O2S/c1-25(22(27)19-10-5-11-28-19)18-9-3-2-8-17(18)21(26)24-20-14-6-4-7-15(20)13-16(23)12-14/h2-3,5,8-11,14-16,20H,4,6-7,12-13,23H2,1H3,(H,24,26). The van der Waals surface area contributed by atoms with Crippen molar-refractivity contribution in [3.05, 3.63) is 52.2 Å². The molecule has 2 aliphatic rings. The first-order valence-corrected chi connectivity index (χ1v) is 10.9. The SMILES string of the molecule is CN(C(=O)c1cccs1)c1ccccc1C(=O)NC1C2CCCC1CC(N)C2. The fourth-order valence-electron chi connectivity index (χ4n) is 4.89. The molecule has 2 bridgehead atoms. The molecular weight excluding hydrogens is 370 g/mol. The topological polar surface area (TPSA) is 75.4 Å². The van der Waals surface area contributed by atoms with E-state index in [0.29, 0.717) is 28.0 Å². The Morgan fingerprint density at radius 2 is 1.82 bits per heavy atom. The van der Waals surface area contributed by atoms with Crippen LogP contribution in [0.2, 0.25) is 0 Å². The number of nitrogens with two attached hydrogens (primary N) is 1. The Morgan fingerprint density at radius 3 is 2.50 bits per heavy atom. The third-order valence-electron chi connectivity index (χ3n) is 6.22. The van der Waals surface area contributed by atoms with Gasteiger partial charge in [0.15, 0.2) is 0 Å². The number of hydrogen-bond acceptors (Lipinski definition) is 4. The predicted octanol–water partition coefficient (Wildman–Crippen LogP) is 3.66. The zero-order valence-electron chi connectivity index (χ0n) is 16.1. The lowest BCUT2D eigenvalue weighted by Gasteiger charge is -2.45. The van der Waals surface area contributed by atoms with E-state index in [1.165, 1.54) is 17.8 Å². The molecule has 2 atom stereocenters. The smallest absolute Gasteiger partial charge is 0.268 e. The minimum absolute atomic E-state index is 0.0983. The van der Waals surface area contributed by atoms with Gasteiger partial charge in [0.05, 0.1) is 16.1 Å². The average Bonchev–Trinajstić information content (AvgIpc) is 3.22. The van der Waals surface area contributed by atoms with E-state index < -0.39 is 0 Å². The molecule has 0 saturated heterocycles. The molecule has 1 heterocycles. The van der Waals surface area contributed by atoms with Crippen molar-refractivity contribution < 1.29 is 9.59 Å². The number of rotatable bonds is 4. The lowest BCUT2D eigenvalue weighted by atomic mass is 9.67. The van der Waals surface area contributed by atoms with E-state index in [2.05, 4.69) is 5.32 Å². The Balaban J connectivity index is 1.55. The highest BCUT2D eigenvalue weighted by Crippen LogP contribution is 2.40. The van der Waals surface area contributed by atoms with Crippen LogP contribution in [-0.2, 0) is 0 Å². The summed E-state index contributed by atoms with van der Waals surface area (Å²) in [5, 5.41) is 5.18. The first-order valence-electron chi connectivity index (χ1n) is 10.0. The van der Waals surface area contributed by atoms with Gasteiger partial charge in [-0.15, -0.1) is 11.3 Å². The van der Waals surface area contributed by atoms with Crippen molar-refractivity contribution in [2.75, 3.05) is 11.9 Å². The van der Waals surface area contributed by atoms with Crippen molar-refractivity contribution in [1.82, 2.24) is 5.32 Å². The van der Waals surface area contributed by atoms with Gasteiger partial charge in [0, 0.05) is 19.1 Å². The minimum atomic E-state index is -0.101. The van der Waals surface area contributed by atoms with Crippen LogP contribution in [0.1, 0.15) is 52.1 Å². The summed E-state index contributed by atoms with van der Waals surface area (Å²) < 4.78 is 0. The van der Waals surface area contributed by atoms with Gasteiger partial charge in [0.1, 0.15) is 0 Å². The summed E-state index contributed by atoms with van der Waals surface area (Å²) >= 11 is 1.40. The molecule has 1 aromatic carbocycles. The second kappa shape index (κ2) is 8.05. The Morgan fingerprint density at radius 1 is 1.11 bits per heavy atom. The number of carbonyl (C=O) groups is 2. The van der Waals surface area contributed by atoms with E-state index in [-0.39, 0.29) is 23.9 Å². The summed E-state index contributed by atoms with van der Waals surface area (Å²) in [6, 6.07) is 11.4. The number of amides is 2. The normalized spacial score (nSPS) is 26.5. The van der Waals surface area contributed by atoms with Crippen molar-refractivity contribution in [2.45, 2.75) is 44.2 Å². The second-order valence-electron chi connectivity index (χ2n) is 8.04. The molecule has 2 aromatic rings. The van der Waals surface area contributed by atoms with Crippen molar-refractivity contribution in [2.24, 2.45) is 17.6 Å². The number of fused-ring (bicyclic) bond motifs is 2. The maximum absolute atomic E-state index is 13.2. The van der Waals surface area contributed by atoms with Crippen LogP contribution in [0.4, 0.5) is 5.69 Å². The first-order chi connectivity index (χ1) is 13.5. The average molecular weight is 398 g/mol. The van der Waals surface area contributed by atoms with E-state index in [4.69, 9.17) is 5.73 Å². The monoisotopic (exact) mass is 397 g/mol. The highest BCUT2D eigenvalue weighted by atomic mass is 32.1. The third kappa shape index (κ3) is 3.71. The van der Waals surface area contributed by atoms with Crippen molar-refractivity contribution in [3.8, 4) is 0 Å². The molecule has 28 heavy (non-hydrogen) atoms. The van der Waals surface area contributed by atoms with Crippen LogP contribution in [-0.4, -0.2) is 30.9 Å². The van der Waals surface area contributed by atoms with Gasteiger partial charge < -0.3 is 16.0 Å². The Bertz CT molecular complexity index is 837. The van der Waals surface area contributed by atoms with Crippen molar-refractivity contribution >= 4 is 28.8 Å². The summed E-state index contributed by atoms with van der Waals surface area (Å²) in [5.41, 5.74) is 7.40. The van der Waals surface area contributed by atoms with Crippen LogP contribution < -0.4 is 16.0 Å². The molecule has 5 nitrogen and oxygen atoms in total.